The van der Waals surface area contributed by atoms with Gasteiger partial charge in [0.1, 0.15) is 0 Å². The molecule has 0 bridgehead atoms. The molecule has 1 heterocycles. The van der Waals surface area contributed by atoms with E-state index in [0.29, 0.717) is 23.7 Å². The second-order valence-electron chi connectivity index (χ2n) is 6.21. The zero-order valence-electron chi connectivity index (χ0n) is 13.1. The summed E-state index contributed by atoms with van der Waals surface area (Å²) in [6, 6.07) is 7.39. The van der Waals surface area contributed by atoms with Gasteiger partial charge in [0.05, 0.1) is 22.7 Å². The molecule has 1 fully saturated rings. The number of aryl methyl sites for hydroxylation is 1. The van der Waals surface area contributed by atoms with Crippen LogP contribution in [-0.4, -0.2) is 26.4 Å². The molecule has 1 saturated carbocycles. The fraction of sp³-hybridized carbons (Fsp3) is 0.412. The third-order valence-electron chi connectivity index (χ3n) is 4.28. The van der Waals surface area contributed by atoms with Gasteiger partial charge in [0.15, 0.2) is 5.82 Å². The van der Waals surface area contributed by atoms with Crippen molar-refractivity contribution in [2.45, 2.75) is 44.6 Å². The highest BCUT2D eigenvalue weighted by molar-refractivity contribution is 6.32. The average molecular weight is 334 g/mol. The first-order chi connectivity index (χ1) is 11.0. The van der Waals surface area contributed by atoms with E-state index in [9.17, 15) is 9.90 Å². The average Bonchev–Trinajstić information content (AvgIpc) is 3.06. The minimum absolute atomic E-state index is 0.116. The lowest BCUT2D eigenvalue weighted by Gasteiger charge is -2.20. The van der Waals surface area contributed by atoms with Crippen molar-refractivity contribution >= 4 is 23.3 Å². The summed E-state index contributed by atoms with van der Waals surface area (Å²) in [6.45, 7) is 1.88. The minimum Gasteiger partial charge on any atom is -0.389 e. The highest BCUT2D eigenvalue weighted by atomic mass is 35.5. The summed E-state index contributed by atoms with van der Waals surface area (Å²) in [6.07, 6.45) is 5.27. The third-order valence-corrected chi connectivity index (χ3v) is 4.60. The number of carbonyl (C=O) groups excluding carboxylic acids is 1. The number of benzene rings is 1. The number of amides is 1. The molecule has 0 atom stereocenters. The molecule has 0 aliphatic heterocycles. The summed E-state index contributed by atoms with van der Waals surface area (Å²) in [5.41, 5.74) is 0.743. The maximum absolute atomic E-state index is 12.2. The van der Waals surface area contributed by atoms with Crippen LogP contribution in [0.4, 0.5) is 5.82 Å². The minimum atomic E-state index is -0.858. The van der Waals surface area contributed by atoms with Crippen molar-refractivity contribution in [3.63, 3.8) is 0 Å². The predicted octanol–water partition coefficient (Wildman–Crippen LogP) is 3.47. The molecule has 0 spiro atoms. The fourth-order valence-electron chi connectivity index (χ4n) is 3.03. The number of aromatic nitrogens is 2. The molecule has 0 radical (unpaired) electrons. The van der Waals surface area contributed by atoms with Crippen LogP contribution < -0.4 is 5.32 Å². The van der Waals surface area contributed by atoms with E-state index in [1.54, 1.807) is 10.7 Å². The molecule has 1 aliphatic carbocycles. The number of halogens is 1. The molecule has 0 unspecified atom stereocenters. The van der Waals surface area contributed by atoms with Crippen molar-refractivity contribution in [3.8, 4) is 5.69 Å². The van der Waals surface area contributed by atoms with E-state index >= 15 is 0 Å². The monoisotopic (exact) mass is 333 g/mol. The molecule has 1 aromatic carbocycles. The standard InChI is InChI=1S/C17H20ClN3O2/c1-12-11-21(14-7-3-2-6-13(14)18)20-16(12)19-15(22)10-17(23)8-4-5-9-17/h2-3,6-7,11,23H,4-5,8-10H2,1H3,(H,19,20,22). The number of hydrogen-bond acceptors (Lipinski definition) is 3. The number of nitrogens with zero attached hydrogens (tertiary/aromatic N) is 2. The summed E-state index contributed by atoms with van der Waals surface area (Å²) in [4.78, 5) is 12.2. The Balaban J connectivity index is 1.74. The van der Waals surface area contributed by atoms with E-state index in [-0.39, 0.29) is 12.3 Å². The van der Waals surface area contributed by atoms with Gasteiger partial charge < -0.3 is 10.4 Å². The van der Waals surface area contributed by atoms with Gasteiger partial charge in [-0.25, -0.2) is 4.68 Å². The molecule has 6 heteroatoms. The Morgan fingerprint density at radius 2 is 2.09 bits per heavy atom. The Morgan fingerprint density at radius 1 is 1.39 bits per heavy atom. The van der Waals surface area contributed by atoms with Crippen LogP contribution in [0.5, 0.6) is 0 Å². The fourth-order valence-corrected chi connectivity index (χ4v) is 3.25. The van der Waals surface area contributed by atoms with Crippen LogP contribution >= 0.6 is 11.6 Å². The predicted molar refractivity (Wildman–Crippen MR) is 90.0 cm³/mol. The number of nitrogens with one attached hydrogen (secondary N) is 1. The highest BCUT2D eigenvalue weighted by Gasteiger charge is 2.33. The molecule has 2 N–H and O–H groups in total. The van der Waals surface area contributed by atoms with Gasteiger partial charge >= 0.3 is 0 Å². The van der Waals surface area contributed by atoms with Crippen molar-refractivity contribution in [1.29, 1.82) is 0 Å². The molecule has 3 rings (SSSR count). The van der Waals surface area contributed by atoms with E-state index in [1.807, 2.05) is 31.3 Å². The number of para-hydroxylation sites is 1. The van der Waals surface area contributed by atoms with Crippen LogP contribution in [0.2, 0.25) is 5.02 Å². The lowest BCUT2D eigenvalue weighted by atomic mass is 9.98. The van der Waals surface area contributed by atoms with Crippen molar-refractivity contribution < 1.29 is 9.90 Å². The SMILES string of the molecule is Cc1cn(-c2ccccc2Cl)nc1NC(=O)CC1(O)CCCC1. The Labute approximate surface area is 140 Å². The lowest BCUT2D eigenvalue weighted by molar-refractivity contribution is -0.120. The van der Waals surface area contributed by atoms with Gasteiger partial charge in [0.2, 0.25) is 5.91 Å². The van der Waals surface area contributed by atoms with Crippen LogP contribution in [0.25, 0.3) is 5.69 Å². The van der Waals surface area contributed by atoms with Crippen LogP contribution in [-0.2, 0) is 4.79 Å². The van der Waals surface area contributed by atoms with E-state index in [0.717, 1.165) is 24.1 Å². The molecule has 2 aromatic rings. The first-order valence-corrected chi connectivity index (χ1v) is 8.18. The zero-order valence-corrected chi connectivity index (χ0v) is 13.8. The second-order valence-corrected chi connectivity index (χ2v) is 6.62. The van der Waals surface area contributed by atoms with Crippen LogP contribution in [0, 0.1) is 6.92 Å². The Hall–Kier alpha value is -1.85. The van der Waals surface area contributed by atoms with E-state index in [4.69, 9.17) is 11.6 Å². The van der Waals surface area contributed by atoms with Gasteiger partial charge in [-0.2, -0.15) is 0 Å². The third kappa shape index (κ3) is 3.57. The summed E-state index contributed by atoms with van der Waals surface area (Å²) in [5.74, 6) is 0.290. The Bertz CT molecular complexity index is 720. The van der Waals surface area contributed by atoms with Crippen molar-refractivity contribution in [2.75, 3.05) is 5.32 Å². The van der Waals surface area contributed by atoms with Crippen molar-refractivity contribution in [1.82, 2.24) is 9.78 Å². The van der Waals surface area contributed by atoms with Gasteiger partial charge in [-0.3, -0.25) is 4.79 Å². The van der Waals surface area contributed by atoms with Gasteiger partial charge in [-0.05, 0) is 31.9 Å². The molecule has 122 valence electrons. The van der Waals surface area contributed by atoms with Crippen LogP contribution in [0.15, 0.2) is 30.5 Å². The molecule has 1 aliphatic rings. The number of hydrogen-bond donors (Lipinski definition) is 2. The Morgan fingerprint density at radius 3 is 2.78 bits per heavy atom. The smallest absolute Gasteiger partial charge is 0.228 e. The maximum Gasteiger partial charge on any atom is 0.228 e. The van der Waals surface area contributed by atoms with E-state index < -0.39 is 5.60 Å². The Kier molecular flexibility index (Phi) is 4.41. The molecular formula is C17H20ClN3O2. The normalized spacial score (nSPS) is 16.5. The summed E-state index contributed by atoms with van der Waals surface area (Å²) in [7, 11) is 0. The molecule has 5 nitrogen and oxygen atoms in total. The van der Waals surface area contributed by atoms with E-state index in [1.165, 1.54) is 0 Å². The van der Waals surface area contributed by atoms with Gasteiger partial charge in [-0.15, -0.1) is 5.10 Å². The molecule has 1 amide bonds. The van der Waals surface area contributed by atoms with Crippen molar-refractivity contribution in [3.05, 3.63) is 41.0 Å². The zero-order chi connectivity index (χ0) is 16.4. The lowest BCUT2D eigenvalue weighted by Crippen LogP contribution is -2.31. The number of anilines is 1. The quantitative estimate of drug-likeness (QED) is 0.900. The summed E-state index contributed by atoms with van der Waals surface area (Å²) >= 11 is 6.18. The molecule has 0 saturated heterocycles. The molecular weight excluding hydrogens is 314 g/mol. The first-order valence-electron chi connectivity index (χ1n) is 7.80. The second kappa shape index (κ2) is 6.34. The summed E-state index contributed by atoms with van der Waals surface area (Å²) in [5, 5.41) is 18.1. The number of carbonyl (C=O) groups is 1. The highest BCUT2D eigenvalue weighted by Crippen LogP contribution is 2.32. The van der Waals surface area contributed by atoms with Crippen LogP contribution in [0.1, 0.15) is 37.7 Å². The van der Waals surface area contributed by atoms with Crippen molar-refractivity contribution in [2.24, 2.45) is 0 Å². The summed E-state index contributed by atoms with van der Waals surface area (Å²) < 4.78 is 1.65. The topological polar surface area (TPSA) is 67.2 Å². The van der Waals surface area contributed by atoms with E-state index in [2.05, 4.69) is 10.4 Å². The number of rotatable bonds is 4. The largest absolute Gasteiger partial charge is 0.389 e. The maximum atomic E-state index is 12.2. The van der Waals surface area contributed by atoms with Gasteiger partial charge in [0, 0.05) is 11.8 Å². The number of aliphatic hydroxyl groups is 1. The van der Waals surface area contributed by atoms with Gasteiger partial charge in [-0.1, -0.05) is 36.6 Å². The molecule has 23 heavy (non-hydrogen) atoms. The first kappa shape index (κ1) is 16.0. The van der Waals surface area contributed by atoms with Gasteiger partial charge in [0.25, 0.3) is 0 Å². The van der Waals surface area contributed by atoms with Crippen LogP contribution in [0.3, 0.4) is 0 Å². The molecule has 1 aromatic heterocycles.